The third-order valence-corrected chi connectivity index (χ3v) is 2.09. The molecule has 90 valence electrons. The maximum absolute atomic E-state index is 12.1. The lowest BCUT2D eigenvalue weighted by molar-refractivity contribution is -0.0504. The molecule has 0 heterocycles. The molecule has 1 aromatic carbocycles. The Bertz CT molecular complexity index is 480. The smallest absolute Gasteiger partial charge is 0.387 e. The van der Waals surface area contributed by atoms with Gasteiger partial charge in [-0.15, -0.1) is 0 Å². The van der Waals surface area contributed by atoms with Crippen molar-refractivity contribution in [1.29, 1.82) is 5.26 Å². The SMILES string of the molecule is COC(=O)c1c(OC(F)F)ccc(C)c1C#N. The molecule has 0 aromatic heterocycles. The average Bonchev–Trinajstić information content (AvgIpc) is 2.29. The lowest BCUT2D eigenvalue weighted by Crippen LogP contribution is -2.12. The second kappa shape index (κ2) is 5.25. The standard InChI is InChI=1S/C11H9F2NO3/c1-6-3-4-8(17-11(12)13)9(7(6)5-14)10(15)16-2/h3-4,11H,1-2H3. The molecule has 0 amide bonds. The number of methoxy groups -OCH3 is 1. The highest BCUT2D eigenvalue weighted by Gasteiger charge is 2.22. The minimum atomic E-state index is -3.08. The number of carbonyl (C=O) groups is 1. The van der Waals surface area contributed by atoms with E-state index in [2.05, 4.69) is 9.47 Å². The second-order valence-electron chi connectivity index (χ2n) is 3.11. The van der Waals surface area contributed by atoms with Crippen molar-refractivity contribution in [2.75, 3.05) is 7.11 Å². The fourth-order valence-corrected chi connectivity index (χ4v) is 1.33. The largest absolute Gasteiger partial charge is 0.465 e. The quantitative estimate of drug-likeness (QED) is 0.761. The molecule has 17 heavy (non-hydrogen) atoms. The number of esters is 1. The van der Waals surface area contributed by atoms with E-state index in [-0.39, 0.29) is 16.9 Å². The number of aryl methyl sites for hydroxylation is 1. The van der Waals surface area contributed by atoms with Gasteiger partial charge in [-0.3, -0.25) is 0 Å². The Hall–Kier alpha value is -2.16. The number of nitrogens with zero attached hydrogens (tertiary/aromatic N) is 1. The van der Waals surface area contributed by atoms with Crippen molar-refractivity contribution in [3.63, 3.8) is 0 Å². The molecule has 4 nitrogen and oxygen atoms in total. The number of benzene rings is 1. The van der Waals surface area contributed by atoms with Crippen molar-refractivity contribution < 1.29 is 23.0 Å². The van der Waals surface area contributed by atoms with Gasteiger partial charge in [0.15, 0.2) is 0 Å². The molecule has 0 atom stereocenters. The molecular weight excluding hydrogens is 232 g/mol. The summed E-state index contributed by atoms with van der Waals surface area (Å²) in [5.41, 5.74) is 0.166. The first-order valence-corrected chi connectivity index (χ1v) is 4.58. The van der Waals surface area contributed by atoms with Crippen LogP contribution in [-0.2, 0) is 4.74 Å². The van der Waals surface area contributed by atoms with Gasteiger partial charge in [-0.2, -0.15) is 14.0 Å². The Morgan fingerprint density at radius 3 is 2.59 bits per heavy atom. The number of ether oxygens (including phenoxy) is 2. The Balaban J connectivity index is 3.41. The number of carbonyl (C=O) groups excluding carboxylic acids is 1. The summed E-state index contributed by atoms with van der Waals surface area (Å²) in [6.45, 7) is -1.50. The molecule has 0 radical (unpaired) electrons. The summed E-state index contributed by atoms with van der Waals surface area (Å²) in [5, 5.41) is 8.90. The summed E-state index contributed by atoms with van der Waals surface area (Å²) in [6.07, 6.45) is 0. The fraction of sp³-hybridized carbons (Fsp3) is 0.273. The molecule has 0 N–H and O–H groups in total. The number of halogens is 2. The van der Waals surface area contributed by atoms with Crippen LogP contribution in [0.25, 0.3) is 0 Å². The van der Waals surface area contributed by atoms with Crippen LogP contribution in [0.15, 0.2) is 12.1 Å². The number of rotatable bonds is 3. The van der Waals surface area contributed by atoms with E-state index in [1.807, 2.05) is 0 Å². The van der Waals surface area contributed by atoms with E-state index in [1.165, 1.54) is 12.1 Å². The molecular formula is C11H9F2NO3. The van der Waals surface area contributed by atoms with E-state index in [0.717, 1.165) is 7.11 Å². The normalized spacial score (nSPS) is 9.88. The van der Waals surface area contributed by atoms with Gasteiger partial charge in [0.2, 0.25) is 0 Å². The molecule has 0 saturated carbocycles. The van der Waals surface area contributed by atoms with Gasteiger partial charge >= 0.3 is 12.6 Å². The second-order valence-corrected chi connectivity index (χ2v) is 3.11. The molecule has 0 fully saturated rings. The van der Waals surface area contributed by atoms with E-state index in [0.29, 0.717) is 5.56 Å². The van der Waals surface area contributed by atoms with E-state index in [1.54, 1.807) is 13.0 Å². The van der Waals surface area contributed by atoms with Crippen LogP contribution in [0.3, 0.4) is 0 Å². The minimum Gasteiger partial charge on any atom is -0.465 e. The van der Waals surface area contributed by atoms with Crippen molar-refractivity contribution in [3.05, 3.63) is 28.8 Å². The first kappa shape index (κ1) is 12.9. The summed E-state index contributed by atoms with van der Waals surface area (Å²) in [7, 11) is 1.10. The molecule has 0 aliphatic carbocycles. The highest BCUT2D eigenvalue weighted by molar-refractivity contribution is 5.95. The first-order valence-electron chi connectivity index (χ1n) is 4.58. The molecule has 0 spiro atoms. The van der Waals surface area contributed by atoms with Crippen LogP contribution in [0.1, 0.15) is 21.5 Å². The lowest BCUT2D eigenvalue weighted by Gasteiger charge is -2.11. The van der Waals surface area contributed by atoms with Crippen LogP contribution >= 0.6 is 0 Å². The zero-order chi connectivity index (χ0) is 13.0. The molecule has 0 aliphatic heterocycles. The molecule has 0 bridgehead atoms. The van der Waals surface area contributed by atoms with Gasteiger partial charge in [-0.1, -0.05) is 6.07 Å². The summed E-state index contributed by atoms with van der Waals surface area (Å²) < 4.78 is 32.9. The average molecular weight is 241 g/mol. The van der Waals surface area contributed by atoms with Gasteiger partial charge in [0.1, 0.15) is 17.4 Å². The van der Waals surface area contributed by atoms with E-state index >= 15 is 0 Å². The molecule has 1 rings (SSSR count). The Morgan fingerprint density at radius 1 is 1.47 bits per heavy atom. The predicted molar refractivity (Wildman–Crippen MR) is 53.9 cm³/mol. The molecule has 6 heteroatoms. The molecule has 0 saturated heterocycles. The maximum Gasteiger partial charge on any atom is 0.387 e. The zero-order valence-corrected chi connectivity index (χ0v) is 9.16. The Labute approximate surface area is 96.4 Å². The number of hydrogen-bond acceptors (Lipinski definition) is 4. The van der Waals surface area contributed by atoms with Gasteiger partial charge in [-0.05, 0) is 18.6 Å². The van der Waals surface area contributed by atoms with Crippen LogP contribution in [-0.4, -0.2) is 19.7 Å². The zero-order valence-electron chi connectivity index (χ0n) is 9.16. The van der Waals surface area contributed by atoms with E-state index in [4.69, 9.17) is 5.26 Å². The van der Waals surface area contributed by atoms with Crippen molar-refractivity contribution in [2.24, 2.45) is 0 Å². The number of alkyl halides is 2. The van der Waals surface area contributed by atoms with Gasteiger partial charge in [0.25, 0.3) is 0 Å². The highest BCUT2D eigenvalue weighted by Crippen LogP contribution is 2.27. The maximum atomic E-state index is 12.1. The molecule has 1 aromatic rings. The van der Waals surface area contributed by atoms with Crippen LogP contribution in [0.4, 0.5) is 8.78 Å². The fourth-order valence-electron chi connectivity index (χ4n) is 1.33. The lowest BCUT2D eigenvalue weighted by atomic mass is 10.0. The predicted octanol–water partition coefficient (Wildman–Crippen LogP) is 2.25. The van der Waals surface area contributed by atoms with Crippen LogP contribution < -0.4 is 4.74 Å². The van der Waals surface area contributed by atoms with Crippen LogP contribution in [0, 0.1) is 18.3 Å². The summed E-state index contributed by atoms with van der Waals surface area (Å²) >= 11 is 0. The van der Waals surface area contributed by atoms with Crippen molar-refractivity contribution in [3.8, 4) is 11.8 Å². The number of hydrogen-bond donors (Lipinski definition) is 0. The van der Waals surface area contributed by atoms with Gasteiger partial charge in [0.05, 0.1) is 12.7 Å². The van der Waals surface area contributed by atoms with E-state index in [9.17, 15) is 13.6 Å². The third-order valence-electron chi connectivity index (χ3n) is 2.09. The first-order chi connectivity index (χ1) is 8.01. The monoisotopic (exact) mass is 241 g/mol. The van der Waals surface area contributed by atoms with Crippen molar-refractivity contribution >= 4 is 5.97 Å². The molecule has 0 unspecified atom stereocenters. The summed E-state index contributed by atoms with van der Waals surface area (Å²) in [5.74, 6) is -1.25. The summed E-state index contributed by atoms with van der Waals surface area (Å²) in [4.78, 5) is 11.4. The van der Waals surface area contributed by atoms with E-state index < -0.39 is 12.6 Å². The Morgan fingerprint density at radius 2 is 2.12 bits per heavy atom. The van der Waals surface area contributed by atoms with Gasteiger partial charge < -0.3 is 9.47 Å². The van der Waals surface area contributed by atoms with Gasteiger partial charge in [-0.25, -0.2) is 4.79 Å². The minimum absolute atomic E-state index is 0.0324. The van der Waals surface area contributed by atoms with Crippen molar-refractivity contribution in [1.82, 2.24) is 0 Å². The molecule has 0 aliphatic rings. The Kier molecular flexibility index (Phi) is 3.99. The number of nitriles is 1. The van der Waals surface area contributed by atoms with Crippen LogP contribution in [0.2, 0.25) is 0 Å². The third kappa shape index (κ3) is 2.69. The summed E-state index contributed by atoms with van der Waals surface area (Å²) in [6, 6.07) is 4.39. The van der Waals surface area contributed by atoms with Crippen LogP contribution in [0.5, 0.6) is 5.75 Å². The highest BCUT2D eigenvalue weighted by atomic mass is 19.3. The van der Waals surface area contributed by atoms with Gasteiger partial charge in [0, 0.05) is 0 Å². The topological polar surface area (TPSA) is 59.3 Å². The van der Waals surface area contributed by atoms with Crippen molar-refractivity contribution in [2.45, 2.75) is 13.5 Å².